The summed E-state index contributed by atoms with van der Waals surface area (Å²) in [6, 6.07) is 1.75. The maximum Gasteiger partial charge on any atom is 0.0101 e. The van der Waals surface area contributed by atoms with E-state index >= 15 is 0 Å². The Balaban J connectivity index is 1.60. The highest BCUT2D eigenvalue weighted by Crippen LogP contribution is 2.39. The molecule has 17 heavy (non-hydrogen) atoms. The first-order chi connectivity index (χ1) is 8.34. The third-order valence-corrected chi connectivity index (χ3v) is 5.88. The smallest absolute Gasteiger partial charge is 0.0101 e. The second-order valence-electron chi connectivity index (χ2n) is 6.93. The van der Waals surface area contributed by atoms with Crippen LogP contribution in [0.15, 0.2) is 0 Å². The number of piperidine rings is 1. The largest absolute Gasteiger partial charge is 0.311 e. The van der Waals surface area contributed by atoms with Crippen LogP contribution in [0.5, 0.6) is 0 Å². The average molecular weight is 235 g/mol. The molecule has 0 spiro atoms. The summed E-state index contributed by atoms with van der Waals surface area (Å²) in [4.78, 5) is 0. The Labute approximate surface area is 107 Å². The lowest BCUT2D eigenvalue weighted by Crippen LogP contribution is -2.53. The predicted octanol–water partition coefficient (Wildman–Crippen LogP) is 4.12. The molecule has 0 aromatic rings. The maximum atomic E-state index is 4.06. The molecular weight excluding hydrogens is 206 g/mol. The summed E-state index contributed by atoms with van der Waals surface area (Å²) in [5.41, 5.74) is 0. The van der Waals surface area contributed by atoms with Crippen molar-refractivity contribution in [2.75, 3.05) is 0 Å². The summed E-state index contributed by atoms with van der Waals surface area (Å²) in [6.45, 7) is 2.50. The van der Waals surface area contributed by atoms with Crippen molar-refractivity contribution in [1.29, 1.82) is 0 Å². The van der Waals surface area contributed by atoms with Crippen LogP contribution >= 0.6 is 0 Å². The number of hydrogen-bond acceptors (Lipinski definition) is 1. The van der Waals surface area contributed by atoms with E-state index in [4.69, 9.17) is 0 Å². The SMILES string of the molecule is CC1CCCCC1C1CCC2CCCCC2N1. The van der Waals surface area contributed by atoms with Crippen molar-refractivity contribution >= 4 is 0 Å². The molecule has 2 aliphatic carbocycles. The molecule has 5 atom stereocenters. The first-order valence-electron chi connectivity index (χ1n) is 8.10. The van der Waals surface area contributed by atoms with E-state index in [2.05, 4.69) is 12.2 Å². The van der Waals surface area contributed by atoms with Gasteiger partial charge in [0.1, 0.15) is 0 Å². The fraction of sp³-hybridized carbons (Fsp3) is 1.00. The van der Waals surface area contributed by atoms with Crippen molar-refractivity contribution in [2.24, 2.45) is 17.8 Å². The lowest BCUT2D eigenvalue weighted by molar-refractivity contribution is 0.106. The van der Waals surface area contributed by atoms with E-state index in [0.717, 1.165) is 29.8 Å². The topological polar surface area (TPSA) is 12.0 Å². The van der Waals surface area contributed by atoms with E-state index in [0.29, 0.717) is 0 Å². The van der Waals surface area contributed by atoms with Gasteiger partial charge in [0.15, 0.2) is 0 Å². The van der Waals surface area contributed by atoms with Crippen molar-refractivity contribution in [3.63, 3.8) is 0 Å². The second kappa shape index (κ2) is 5.30. The van der Waals surface area contributed by atoms with Gasteiger partial charge in [-0.1, -0.05) is 39.0 Å². The molecule has 1 saturated heterocycles. The zero-order valence-electron chi connectivity index (χ0n) is 11.5. The summed E-state index contributed by atoms with van der Waals surface area (Å²) in [5, 5.41) is 4.06. The molecule has 0 aromatic carbocycles. The zero-order valence-corrected chi connectivity index (χ0v) is 11.5. The van der Waals surface area contributed by atoms with Gasteiger partial charge in [0, 0.05) is 12.1 Å². The number of nitrogens with one attached hydrogen (secondary N) is 1. The van der Waals surface area contributed by atoms with Gasteiger partial charge in [-0.05, 0) is 49.9 Å². The maximum absolute atomic E-state index is 4.06. The van der Waals surface area contributed by atoms with Crippen LogP contribution in [-0.2, 0) is 0 Å². The molecule has 1 heteroatoms. The van der Waals surface area contributed by atoms with Gasteiger partial charge in [-0.15, -0.1) is 0 Å². The molecule has 98 valence electrons. The zero-order chi connectivity index (χ0) is 11.7. The van der Waals surface area contributed by atoms with Crippen LogP contribution in [0, 0.1) is 17.8 Å². The summed E-state index contributed by atoms with van der Waals surface area (Å²) in [7, 11) is 0. The normalized spacial score (nSPS) is 47.5. The van der Waals surface area contributed by atoms with Crippen molar-refractivity contribution < 1.29 is 0 Å². The van der Waals surface area contributed by atoms with Crippen LogP contribution in [0.4, 0.5) is 0 Å². The van der Waals surface area contributed by atoms with Crippen molar-refractivity contribution in [1.82, 2.24) is 5.32 Å². The summed E-state index contributed by atoms with van der Waals surface area (Å²) < 4.78 is 0. The predicted molar refractivity (Wildman–Crippen MR) is 73.0 cm³/mol. The minimum absolute atomic E-state index is 0.865. The van der Waals surface area contributed by atoms with Crippen LogP contribution in [-0.4, -0.2) is 12.1 Å². The standard InChI is InChI=1S/C16H29N/c1-12-6-2-4-8-14(12)16-11-10-13-7-3-5-9-15(13)17-16/h12-17H,2-11H2,1H3. The van der Waals surface area contributed by atoms with Crippen LogP contribution in [0.2, 0.25) is 0 Å². The molecule has 0 aromatic heterocycles. The lowest BCUT2D eigenvalue weighted by Gasteiger charge is -2.45. The monoisotopic (exact) mass is 235 g/mol. The van der Waals surface area contributed by atoms with E-state index in [1.54, 1.807) is 0 Å². The van der Waals surface area contributed by atoms with Gasteiger partial charge in [-0.25, -0.2) is 0 Å². The van der Waals surface area contributed by atoms with Gasteiger partial charge < -0.3 is 5.32 Å². The van der Waals surface area contributed by atoms with Crippen molar-refractivity contribution in [2.45, 2.75) is 83.2 Å². The molecule has 2 saturated carbocycles. The molecule has 5 unspecified atom stereocenters. The van der Waals surface area contributed by atoms with Crippen LogP contribution < -0.4 is 5.32 Å². The summed E-state index contributed by atoms with van der Waals surface area (Å²) in [5.74, 6) is 2.99. The van der Waals surface area contributed by atoms with E-state index in [1.165, 1.54) is 64.2 Å². The molecule has 0 amide bonds. The quantitative estimate of drug-likeness (QED) is 0.721. The van der Waals surface area contributed by atoms with Crippen molar-refractivity contribution in [3.8, 4) is 0 Å². The molecule has 0 radical (unpaired) electrons. The Morgan fingerprint density at radius 2 is 1.47 bits per heavy atom. The molecule has 1 nitrogen and oxygen atoms in total. The number of fused-ring (bicyclic) bond motifs is 1. The van der Waals surface area contributed by atoms with E-state index in [-0.39, 0.29) is 0 Å². The molecular formula is C16H29N. The van der Waals surface area contributed by atoms with Gasteiger partial charge in [-0.3, -0.25) is 0 Å². The second-order valence-corrected chi connectivity index (χ2v) is 6.93. The fourth-order valence-electron chi connectivity index (χ4n) is 4.80. The van der Waals surface area contributed by atoms with Crippen LogP contribution in [0.1, 0.15) is 71.1 Å². The molecule has 1 N–H and O–H groups in total. The lowest BCUT2D eigenvalue weighted by atomic mass is 9.70. The highest BCUT2D eigenvalue weighted by atomic mass is 15.0. The van der Waals surface area contributed by atoms with Gasteiger partial charge in [0.05, 0.1) is 0 Å². The minimum Gasteiger partial charge on any atom is -0.311 e. The highest BCUT2D eigenvalue weighted by molar-refractivity contribution is 4.93. The Morgan fingerprint density at radius 1 is 0.706 bits per heavy atom. The molecule has 3 fully saturated rings. The third kappa shape index (κ3) is 2.54. The Morgan fingerprint density at radius 3 is 2.35 bits per heavy atom. The number of rotatable bonds is 1. The molecule has 0 bridgehead atoms. The average Bonchev–Trinajstić information content (AvgIpc) is 2.39. The van der Waals surface area contributed by atoms with Crippen LogP contribution in [0.25, 0.3) is 0 Å². The first kappa shape index (κ1) is 12.0. The fourth-order valence-corrected chi connectivity index (χ4v) is 4.80. The summed E-state index contributed by atoms with van der Waals surface area (Å²) >= 11 is 0. The Kier molecular flexibility index (Phi) is 3.75. The highest BCUT2D eigenvalue weighted by Gasteiger charge is 2.36. The van der Waals surface area contributed by atoms with Gasteiger partial charge in [-0.2, -0.15) is 0 Å². The van der Waals surface area contributed by atoms with Crippen LogP contribution in [0.3, 0.4) is 0 Å². The van der Waals surface area contributed by atoms with Gasteiger partial charge in [0.25, 0.3) is 0 Å². The first-order valence-corrected chi connectivity index (χ1v) is 8.10. The van der Waals surface area contributed by atoms with Crippen molar-refractivity contribution in [3.05, 3.63) is 0 Å². The third-order valence-electron chi connectivity index (χ3n) is 5.88. The van der Waals surface area contributed by atoms with Gasteiger partial charge in [0.2, 0.25) is 0 Å². The molecule has 1 heterocycles. The Bertz CT molecular complexity index is 250. The van der Waals surface area contributed by atoms with Gasteiger partial charge >= 0.3 is 0 Å². The molecule has 3 rings (SSSR count). The minimum atomic E-state index is 0.865. The van der Waals surface area contributed by atoms with E-state index in [1.807, 2.05) is 0 Å². The summed E-state index contributed by atoms with van der Waals surface area (Å²) in [6.07, 6.45) is 14.9. The molecule has 3 aliphatic rings. The molecule has 1 aliphatic heterocycles. The number of hydrogen-bond donors (Lipinski definition) is 1. The van der Waals surface area contributed by atoms with E-state index < -0.39 is 0 Å². The Hall–Kier alpha value is -0.0400. The van der Waals surface area contributed by atoms with E-state index in [9.17, 15) is 0 Å².